The van der Waals surface area contributed by atoms with Gasteiger partial charge in [-0.05, 0) is 43.2 Å². The number of thiazole rings is 1. The molecule has 1 aromatic carbocycles. The molecular weight excluding hydrogens is 588 g/mol. The lowest BCUT2D eigenvalue weighted by Gasteiger charge is -2.36. The van der Waals surface area contributed by atoms with E-state index in [4.69, 9.17) is 27.4 Å². The Balaban J connectivity index is 0. The second-order valence-corrected chi connectivity index (χ2v) is 8.37. The Morgan fingerprint density at radius 3 is 2.12 bits per heavy atom. The first-order valence-electron chi connectivity index (χ1n) is 10.5. The molecule has 4 rings (SSSR count). The monoisotopic (exact) mass is 611 g/mol. The van der Waals surface area contributed by atoms with Crippen molar-refractivity contribution in [2.75, 3.05) is 25.5 Å². The van der Waals surface area contributed by atoms with Gasteiger partial charge in [0.2, 0.25) is 0 Å². The average Bonchev–Trinajstić information content (AvgIpc) is 3.52. The SMILES string of the molecule is CN(C(=O)Nc1ccc(-c2cc(F)ccc2F)nc1)C1CCN(C(=O)c2cncs2)CC1.F.F.FF.FF.FF. The molecule has 7 nitrogen and oxygen atoms in total. The van der Waals surface area contributed by atoms with Crippen LogP contribution in [0.1, 0.15) is 22.5 Å². The summed E-state index contributed by atoms with van der Waals surface area (Å²) in [4.78, 5) is 37.2. The summed E-state index contributed by atoms with van der Waals surface area (Å²) < 4.78 is 75.3. The Morgan fingerprint density at radius 2 is 1.60 bits per heavy atom. The van der Waals surface area contributed by atoms with Crippen LogP contribution in [0.15, 0.2) is 48.2 Å². The summed E-state index contributed by atoms with van der Waals surface area (Å²) in [6.45, 7) is 1.13. The Labute approximate surface area is 224 Å². The number of anilines is 1. The standard InChI is InChI=1S/C22H21F2N5O2S.3F2.2FH/c1-28(16-6-8-29(9-7-16)21(30)20-12-25-13-32-20)22(31)27-15-3-5-19(26-11-15)17-10-14(23)2-4-18(17)24;3*1-2;;/h2-5,10-13,16H,6-9H2,1H3,(H,27,31);;;;2*1H. The number of nitrogens with zero attached hydrogens (tertiary/aromatic N) is 4. The van der Waals surface area contributed by atoms with E-state index in [9.17, 15) is 18.4 Å². The summed E-state index contributed by atoms with van der Waals surface area (Å²) in [5, 5.41) is 2.77. The number of piperidine rings is 1. The number of pyridine rings is 1. The Kier molecular flexibility index (Phi) is 19.1. The molecule has 40 heavy (non-hydrogen) atoms. The van der Waals surface area contributed by atoms with Gasteiger partial charge in [0.25, 0.3) is 5.91 Å². The van der Waals surface area contributed by atoms with E-state index in [1.54, 1.807) is 34.6 Å². The predicted octanol–water partition coefficient (Wildman–Crippen LogP) is 7.08. The lowest BCUT2D eigenvalue weighted by atomic mass is 10.0. The molecule has 0 saturated carbocycles. The molecule has 0 atom stereocenters. The largest absolute Gasteiger partial charge is 0.338 e. The highest BCUT2D eigenvalue weighted by Crippen LogP contribution is 2.24. The number of rotatable bonds is 4. The quantitative estimate of drug-likeness (QED) is 0.320. The molecule has 1 fully saturated rings. The minimum Gasteiger partial charge on any atom is -0.338 e. The Bertz CT molecular complexity index is 1120. The van der Waals surface area contributed by atoms with Crippen LogP contribution in [-0.4, -0.2) is 57.9 Å². The van der Waals surface area contributed by atoms with Crippen LogP contribution in [0.3, 0.4) is 0 Å². The van der Waals surface area contributed by atoms with Crippen LogP contribution >= 0.6 is 11.3 Å². The van der Waals surface area contributed by atoms with Crippen molar-refractivity contribution >= 4 is 29.0 Å². The molecule has 1 aliphatic rings. The van der Waals surface area contributed by atoms with Gasteiger partial charge in [-0.3, -0.25) is 24.2 Å². The molecule has 0 aliphatic carbocycles. The molecule has 18 heteroatoms. The van der Waals surface area contributed by atoms with Crippen LogP contribution in [0.25, 0.3) is 11.3 Å². The van der Waals surface area contributed by atoms with Crippen molar-refractivity contribution in [2.45, 2.75) is 18.9 Å². The number of benzene rings is 1. The van der Waals surface area contributed by atoms with Crippen LogP contribution in [0.5, 0.6) is 0 Å². The number of hydrogen-bond donors (Lipinski definition) is 1. The minimum absolute atomic E-state index is 0. The van der Waals surface area contributed by atoms with E-state index >= 15 is 0 Å². The summed E-state index contributed by atoms with van der Waals surface area (Å²) in [6.07, 6.45) is 4.32. The fourth-order valence-electron chi connectivity index (χ4n) is 3.63. The van der Waals surface area contributed by atoms with Crippen LogP contribution in [0.2, 0.25) is 0 Å². The smallest absolute Gasteiger partial charge is 0.321 e. The minimum atomic E-state index is -0.574. The summed E-state index contributed by atoms with van der Waals surface area (Å²) in [5.41, 5.74) is 2.40. The van der Waals surface area contributed by atoms with E-state index in [0.29, 0.717) is 36.5 Å². The number of carbonyl (C=O) groups excluding carboxylic acids is 2. The summed E-state index contributed by atoms with van der Waals surface area (Å²) >= 11 is 1.32. The number of amides is 3. The molecule has 0 unspecified atom stereocenters. The zero-order valence-electron chi connectivity index (χ0n) is 20.4. The summed E-state index contributed by atoms with van der Waals surface area (Å²) in [6, 6.07) is 5.98. The first kappa shape index (κ1) is 38.2. The summed E-state index contributed by atoms with van der Waals surface area (Å²) in [7, 11) is 1.71. The highest BCUT2D eigenvalue weighted by molar-refractivity contribution is 7.11. The average molecular weight is 612 g/mol. The first-order chi connectivity index (χ1) is 18.4. The first-order valence-corrected chi connectivity index (χ1v) is 11.4. The van der Waals surface area contributed by atoms with Crippen LogP contribution in [-0.2, 0) is 0 Å². The predicted molar refractivity (Wildman–Crippen MR) is 129 cm³/mol. The second-order valence-electron chi connectivity index (χ2n) is 7.49. The molecule has 3 heterocycles. The van der Waals surface area contributed by atoms with E-state index in [2.05, 4.69) is 15.3 Å². The van der Waals surface area contributed by atoms with E-state index in [-0.39, 0.29) is 38.6 Å². The number of hydrogen-bond acceptors (Lipinski definition) is 5. The van der Waals surface area contributed by atoms with Gasteiger partial charge in [0.15, 0.2) is 0 Å². The Hall–Kier alpha value is -3.96. The third-order valence-electron chi connectivity index (χ3n) is 5.48. The van der Waals surface area contributed by atoms with E-state index < -0.39 is 11.6 Å². The van der Waals surface area contributed by atoms with Crippen molar-refractivity contribution in [1.29, 1.82) is 0 Å². The molecule has 1 saturated heterocycles. The highest BCUT2D eigenvalue weighted by atomic mass is 32.1. The van der Waals surface area contributed by atoms with E-state index in [1.165, 1.54) is 23.6 Å². The van der Waals surface area contributed by atoms with Gasteiger partial charge in [0.05, 0.1) is 29.3 Å². The van der Waals surface area contributed by atoms with Crippen molar-refractivity contribution in [2.24, 2.45) is 0 Å². The fourth-order valence-corrected chi connectivity index (χ4v) is 4.22. The number of carbonyl (C=O) groups is 2. The number of urea groups is 1. The molecule has 0 bridgehead atoms. The van der Waals surface area contributed by atoms with E-state index in [1.807, 2.05) is 0 Å². The van der Waals surface area contributed by atoms with Gasteiger partial charge >= 0.3 is 6.03 Å². The third-order valence-corrected chi connectivity index (χ3v) is 6.24. The van der Waals surface area contributed by atoms with Gasteiger partial charge in [0, 0.05) is 59.2 Å². The molecule has 224 valence electrons. The van der Waals surface area contributed by atoms with Crippen LogP contribution in [0.4, 0.5) is 56.1 Å². The second kappa shape index (κ2) is 20.0. The van der Waals surface area contributed by atoms with Crippen molar-refractivity contribution in [3.63, 3.8) is 0 Å². The third kappa shape index (κ3) is 10.3. The molecule has 3 amide bonds. The van der Waals surface area contributed by atoms with Crippen molar-refractivity contribution in [1.82, 2.24) is 19.8 Å². The number of likely N-dealkylation sites (tertiary alicyclic amines) is 1. The van der Waals surface area contributed by atoms with Crippen LogP contribution in [0, 0.1) is 11.6 Å². The number of halogens is 10. The Morgan fingerprint density at radius 1 is 0.975 bits per heavy atom. The van der Waals surface area contributed by atoms with Crippen molar-refractivity contribution < 1.29 is 55.2 Å². The maximum atomic E-state index is 13.9. The highest BCUT2D eigenvalue weighted by Gasteiger charge is 2.28. The summed E-state index contributed by atoms with van der Waals surface area (Å²) in [5.74, 6) is -1.16. The number of nitrogens with one attached hydrogen (secondary N) is 1. The normalized spacial score (nSPS) is 11.9. The molecule has 0 spiro atoms. The maximum absolute atomic E-state index is 13.9. The topological polar surface area (TPSA) is 78.4 Å². The molecular formula is C22H23F10N5O2S. The zero-order valence-corrected chi connectivity index (χ0v) is 21.2. The van der Waals surface area contributed by atoms with Gasteiger partial charge in [-0.25, -0.2) is 13.6 Å². The van der Waals surface area contributed by atoms with Crippen LogP contribution < -0.4 is 5.32 Å². The van der Waals surface area contributed by atoms with Gasteiger partial charge in [-0.1, -0.05) is 0 Å². The maximum Gasteiger partial charge on any atom is 0.321 e. The van der Waals surface area contributed by atoms with Crippen molar-refractivity contribution in [3.8, 4) is 11.3 Å². The molecule has 0 radical (unpaired) electrons. The molecule has 1 N–H and O–H groups in total. The lowest BCUT2D eigenvalue weighted by Crippen LogP contribution is -2.48. The van der Waals surface area contributed by atoms with E-state index in [0.717, 1.165) is 18.2 Å². The zero-order chi connectivity index (χ0) is 28.7. The van der Waals surface area contributed by atoms with Gasteiger partial charge < -0.3 is 15.1 Å². The fraction of sp³-hybridized carbons (Fsp3) is 0.273. The van der Waals surface area contributed by atoms with Gasteiger partial charge in [-0.15, -0.1) is 11.3 Å². The van der Waals surface area contributed by atoms with Gasteiger partial charge in [-0.2, -0.15) is 0 Å². The molecule has 2 aromatic heterocycles. The molecule has 3 aromatic rings. The molecule has 1 aliphatic heterocycles. The number of aromatic nitrogens is 2. The lowest BCUT2D eigenvalue weighted by molar-refractivity contribution is 0.0676. The van der Waals surface area contributed by atoms with Crippen molar-refractivity contribution in [3.05, 3.63) is 64.7 Å². The van der Waals surface area contributed by atoms with Gasteiger partial charge in [0.1, 0.15) is 16.5 Å².